The highest BCUT2D eigenvalue weighted by Gasteiger charge is 2.12. The second kappa shape index (κ2) is 11.5. The summed E-state index contributed by atoms with van der Waals surface area (Å²) in [5, 5.41) is 4.05. The molecule has 0 bridgehead atoms. The van der Waals surface area contributed by atoms with E-state index in [0.29, 0.717) is 48.4 Å². The first-order valence-electron chi connectivity index (χ1n) is 9.27. The van der Waals surface area contributed by atoms with E-state index in [2.05, 4.69) is 33.1 Å². The van der Waals surface area contributed by atoms with Crippen molar-refractivity contribution in [3.8, 4) is 23.0 Å². The summed E-state index contributed by atoms with van der Waals surface area (Å²) in [6.07, 6.45) is 1.56. The van der Waals surface area contributed by atoms with Crippen molar-refractivity contribution in [3.05, 3.63) is 45.0 Å². The summed E-state index contributed by atoms with van der Waals surface area (Å²) >= 11 is 2.19. The van der Waals surface area contributed by atoms with E-state index >= 15 is 0 Å². The lowest BCUT2D eigenvalue weighted by molar-refractivity contribution is 0.0954. The van der Waals surface area contributed by atoms with Gasteiger partial charge in [0, 0.05) is 5.56 Å². The maximum absolute atomic E-state index is 12.4. The van der Waals surface area contributed by atoms with Crippen LogP contribution in [-0.2, 0) is 0 Å². The molecule has 8 heteroatoms. The number of ether oxygens (including phenoxy) is 4. The lowest BCUT2D eigenvalue weighted by atomic mass is 10.2. The molecule has 0 atom stereocenters. The fraction of sp³-hybridized carbons (Fsp3) is 0.333. The van der Waals surface area contributed by atoms with Crippen LogP contribution >= 0.6 is 22.6 Å². The van der Waals surface area contributed by atoms with E-state index in [1.807, 2.05) is 32.9 Å². The van der Waals surface area contributed by atoms with Crippen LogP contribution in [-0.4, -0.2) is 39.1 Å². The average molecular weight is 512 g/mol. The Balaban J connectivity index is 2.13. The summed E-state index contributed by atoms with van der Waals surface area (Å²) in [5.74, 6) is 2.07. The third-order valence-electron chi connectivity index (χ3n) is 3.73. The zero-order valence-corrected chi connectivity index (χ0v) is 19.1. The van der Waals surface area contributed by atoms with Crippen LogP contribution in [0.25, 0.3) is 0 Å². The number of halogens is 1. The highest BCUT2D eigenvalue weighted by Crippen LogP contribution is 2.34. The number of rotatable bonds is 10. The molecule has 2 rings (SSSR count). The van der Waals surface area contributed by atoms with Crippen molar-refractivity contribution in [2.24, 2.45) is 5.10 Å². The van der Waals surface area contributed by atoms with Gasteiger partial charge in [0.1, 0.15) is 0 Å². The molecule has 0 fully saturated rings. The van der Waals surface area contributed by atoms with Crippen LogP contribution in [0.3, 0.4) is 0 Å². The Hall–Kier alpha value is -2.49. The Kier molecular flexibility index (Phi) is 9.04. The topological polar surface area (TPSA) is 78.4 Å². The first-order chi connectivity index (χ1) is 14.0. The summed E-state index contributed by atoms with van der Waals surface area (Å²) < 4.78 is 23.0. The molecule has 1 N–H and O–H groups in total. The van der Waals surface area contributed by atoms with Crippen molar-refractivity contribution in [1.29, 1.82) is 0 Å². The lowest BCUT2D eigenvalue weighted by Gasteiger charge is -2.13. The molecule has 7 nitrogen and oxygen atoms in total. The molecule has 29 heavy (non-hydrogen) atoms. The van der Waals surface area contributed by atoms with Crippen LogP contribution in [0.5, 0.6) is 23.0 Å². The molecule has 2 aromatic carbocycles. The molecule has 0 aliphatic carbocycles. The van der Waals surface area contributed by atoms with Gasteiger partial charge < -0.3 is 18.9 Å². The van der Waals surface area contributed by atoms with Crippen molar-refractivity contribution in [3.63, 3.8) is 0 Å². The van der Waals surface area contributed by atoms with Crippen LogP contribution in [0, 0.1) is 3.57 Å². The van der Waals surface area contributed by atoms with E-state index in [-0.39, 0.29) is 5.91 Å². The van der Waals surface area contributed by atoms with Gasteiger partial charge in [0.05, 0.1) is 36.7 Å². The molecule has 2 aromatic rings. The van der Waals surface area contributed by atoms with Gasteiger partial charge in [0.25, 0.3) is 5.91 Å². The molecule has 1 amide bonds. The number of hydrazone groups is 1. The number of carbonyl (C=O) groups excluding carboxylic acids is 1. The van der Waals surface area contributed by atoms with E-state index in [0.717, 1.165) is 9.13 Å². The predicted octanol–water partition coefficient (Wildman–Crippen LogP) is 4.26. The summed E-state index contributed by atoms with van der Waals surface area (Å²) in [6.45, 7) is 7.30. The molecule has 0 saturated carbocycles. The molecule has 0 unspecified atom stereocenters. The Bertz CT molecular complexity index is 870. The zero-order chi connectivity index (χ0) is 21.2. The van der Waals surface area contributed by atoms with Crippen molar-refractivity contribution < 1.29 is 23.7 Å². The number of nitrogens with one attached hydrogen (secondary N) is 1. The molecule has 156 valence electrons. The Morgan fingerprint density at radius 1 is 1.00 bits per heavy atom. The second-order valence-electron chi connectivity index (χ2n) is 5.69. The summed E-state index contributed by atoms with van der Waals surface area (Å²) in [7, 11) is 1.53. The van der Waals surface area contributed by atoms with Crippen molar-refractivity contribution in [2.75, 3.05) is 26.9 Å². The third-order valence-corrected chi connectivity index (χ3v) is 4.53. The highest BCUT2D eigenvalue weighted by atomic mass is 127. The molecule has 0 aromatic heterocycles. The number of benzene rings is 2. The molecule has 0 saturated heterocycles. The first kappa shape index (κ1) is 22.8. The number of carbonyl (C=O) groups is 1. The summed E-state index contributed by atoms with van der Waals surface area (Å²) in [5.41, 5.74) is 3.72. The molecular weight excluding hydrogens is 487 g/mol. The first-order valence-corrected chi connectivity index (χ1v) is 10.3. The predicted molar refractivity (Wildman–Crippen MR) is 121 cm³/mol. The fourth-order valence-corrected chi connectivity index (χ4v) is 3.30. The maximum Gasteiger partial charge on any atom is 0.271 e. The van der Waals surface area contributed by atoms with Gasteiger partial charge in [-0.3, -0.25) is 4.79 Å². The fourth-order valence-electron chi connectivity index (χ4n) is 2.52. The summed E-state index contributed by atoms with van der Waals surface area (Å²) in [6, 6.07) is 8.70. The van der Waals surface area contributed by atoms with Gasteiger partial charge in [-0.1, -0.05) is 0 Å². The molecule has 0 radical (unpaired) electrons. The minimum absolute atomic E-state index is 0.353. The van der Waals surface area contributed by atoms with Crippen LogP contribution in [0.2, 0.25) is 0 Å². The number of hydrogen-bond acceptors (Lipinski definition) is 6. The van der Waals surface area contributed by atoms with E-state index in [4.69, 9.17) is 18.9 Å². The number of hydrogen-bond donors (Lipinski definition) is 1. The smallest absolute Gasteiger partial charge is 0.271 e. The van der Waals surface area contributed by atoms with Crippen molar-refractivity contribution >= 4 is 34.7 Å². The van der Waals surface area contributed by atoms with Gasteiger partial charge in [-0.25, -0.2) is 5.43 Å². The SMILES string of the molecule is CCOc1ccc(C(=O)N/N=C/c2cc(I)c(OCC)c(OCC)c2)cc1OC. The molecule has 0 aliphatic rings. The lowest BCUT2D eigenvalue weighted by Crippen LogP contribution is -2.17. The van der Waals surface area contributed by atoms with Crippen molar-refractivity contribution in [1.82, 2.24) is 5.43 Å². The van der Waals surface area contributed by atoms with E-state index in [9.17, 15) is 4.79 Å². The highest BCUT2D eigenvalue weighted by molar-refractivity contribution is 14.1. The standard InChI is InChI=1S/C21H25IN2O5/c1-5-27-17-9-8-15(12-18(17)26-4)21(25)24-23-13-14-10-16(22)20(29-7-3)19(11-14)28-6-2/h8-13H,5-7H2,1-4H3,(H,24,25)/b23-13+. The Morgan fingerprint density at radius 2 is 1.69 bits per heavy atom. The number of nitrogens with zero attached hydrogens (tertiary/aromatic N) is 1. The van der Waals surface area contributed by atoms with Gasteiger partial charge in [0.2, 0.25) is 0 Å². The normalized spacial score (nSPS) is 10.7. The molecule has 0 heterocycles. The minimum Gasteiger partial charge on any atom is -0.493 e. The van der Waals surface area contributed by atoms with Crippen LogP contribution < -0.4 is 24.4 Å². The van der Waals surface area contributed by atoms with E-state index < -0.39 is 0 Å². The zero-order valence-electron chi connectivity index (χ0n) is 17.0. The molecular formula is C21H25IN2O5. The maximum atomic E-state index is 12.4. The van der Waals surface area contributed by atoms with Gasteiger partial charge in [0.15, 0.2) is 23.0 Å². The second-order valence-corrected chi connectivity index (χ2v) is 6.86. The van der Waals surface area contributed by atoms with Gasteiger partial charge in [-0.2, -0.15) is 5.10 Å². The van der Waals surface area contributed by atoms with Crippen LogP contribution in [0.15, 0.2) is 35.4 Å². The quantitative estimate of drug-likeness (QED) is 0.293. The molecule has 0 spiro atoms. The monoisotopic (exact) mass is 512 g/mol. The number of methoxy groups -OCH3 is 1. The van der Waals surface area contributed by atoms with Gasteiger partial charge >= 0.3 is 0 Å². The minimum atomic E-state index is -0.353. The van der Waals surface area contributed by atoms with Gasteiger partial charge in [-0.05, 0) is 79.3 Å². The van der Waals surface area contributed by atoms with Crippen LogP contribution in [0.1, 0.15) is 36.7 Å². The molecule has 0 aliphatic heterocycles. The average Bonchev–Trinajstić information content (AvgIpc) is 2.71. The van der Waals surface area contributed by atoms with Gasteiger partial charge in [-0.15, -0.1) is 0 Å². The number of amides is 1. The van der Waals surface area contributed by atoms with Crippen LogP contribution in [0.4, 0.5) is 0 Å². The Morgan fingerprint density at radius 3 is 2.34 bits per heavy atom. The van der Waals surface area contributed by atoms with E-state index in [1.165, 1.54) is 7.11 Å². The third kappa shape index (κ3) is 6.25. The van der Waals surface area contributed by atoms with Crippen molar-refractivity contribution in [2.45, 2.75) is 20.8 Å². The Labute approximate surface area is 184 Å². The largest absolute Gasteiger partial charge is 0.493 e. The summed E-state index contributed by atoms with van der Waals surface area (Å²) in [4.78, 5) is 12.4. The van der Waals surface area contributed by atoms with E-state index in [1.54, 1.807) is 24.4 Å².